The van der Waals surface area contributed by atoms with Gasteiger partial charge >= 0.3 is 0 Å². The van der Waals surface area contributed by atoms with Gasteiger partial charge in [0.15, 0.2) is 0 Å². The number of H-pyrrole nitrogens is 1. The highest BCUT2D eigenvalue weighted by Crippen LogP contribution is 2.34. The van der Waals surface area contributed by atoms with E-state index in [0.717, 1.165) is 68.1 Å². The van der Waals surface area contributed by atoms with Crippen LogP contribution in [-0.2, 0) is 11.2 Å². The first-order valence-corrected chi connectivity index (χ1v) is 12.0. The quantitative estimate of drug-likeness (QED) is 0.556. The van der Waals surface area contributed by atoms with Gasteiger partial charge in [0.05, 0.1) is 11.1 Å². The number of likely N-dealkylation sites (tertiary alicyclic amines) is 1. The molecular formula is C25H30BFN4O2. The second kappa shape index (κ2) is 8.82. The van der Waals surface area contributed by atoms with E-state index in [1.807, 2.05) is 11.8 Å². The number of piperidine rings is 1. The average Bonchev–Trinajstić information content (AvgIpc) is 3.21. The molecule has 4 heterocycles. The number of halogens is 1. The molecular weight excluding hydrogens is 418 g/mol. The van der Waals surface area contributed by atoms with Crippen LogP contribution in [0.15, 0.2) is 12.1 Å². The number of nitrogens with one attached hydrogen (secondary N) is 2. The Labute approximate surface area is 194 Å². The van der Waals surface area contributed by atoms with Crippen LogP contribution in [0.5, 0.6) is 0 Å². The van der Waals surface area contributed by atoms with E-state index in [1.165, 1.54) is 31.4 Å². The summed E-state index contributed by atoms with van der Waals surface area (Å²) in [7, 11) is 1.78. The number of carbonyl (C=O) groups is 2. The minimum Gasteiger partial charge on any atom is -0.358 e. The van der Waals surface area contributed by atoms with Gasteiger partial charge in [-0.25, -0.2) is 4.39 Å². The van der Waals surface area contributed by atoms with Crippen LogP contribution >= 0.6 is 0 Å². The van der Waals surface area contributed by atoms with Crippen molar-refractivity contribution in [2.24, 2.45) is 0 Å². The summed E-state index contributed by atoms with van der Waals surface area (Å²) < 4.78 is 14.0. The topological polar surface area (TPSA) is 68.4 Å². The highest BCUT2D eigenvalue weighted by Gasteiger charge is 2.30. The van der Waals surface area contributed by atoms with Crippen molar-refractivity contribution >= 4 is 42.5 Å². The van der Waals surface area contributed by atoms with Crippen molar-refractivity contribution < 1.29 is 14.0 Å². The summed E-state index contributed by atoms with van der Waals surface area (Å²) in [5.41, 5.74) is 5.58. The third-order valence-electron chi connectivity index (χ3n) is 7.22. The number of anilines is 1. The lowest BCUT2D eigenvalue weighted by Gasteiger charge is -2.29. The van der Waals surface area contributed by atoms with Crippen LogP contribution in [-0.4, -0.2) is 67.2 Å². The summed E-state index contributed by atoms with van der Waals surface area (Å²) in [6.45, 7) is 6.60. The standard InChI is InChI=1S/C25H30BFN4O2/c1-15-21(14-18-17-12-16(27)13-19(26)23(17)29-24(18)32)28-20-6-5-9-31(25(33)22(15)20)11-10-30-7-3-2-4-8-30/h12-14,28H,2-11,26H2,1H3,(H,29,32)/b18-14-. The molecule has 0 atom stereocenters. The third kappa shape index (κ3) is 4.12. The van der Waals surface area contributed by atoms with Gasteiger partial charge in [-0.2, -0.15) is 0 Å². The van der Waals surface area contributed by atoms with E-state index >= 15 is 0 Å². The largest absolute Gasteiger partial charge is 0.358 e. The lowest BCUT2D eigenvalue weighted by Crippen LogP contribution is -2.40. The van der Waals surface area contributed by atoms with Gasteiger partial charge in [0.1, 0.15) is 13.7 Å². The molecule has 2 N–H and O–H groups in total. The number of fused-ring (bicyclic) bond motifs is 2. The Morgan fingerprint density at radius 3 is 2.67 bits per heavy atom. The van der Waals surface area contributed by atoms with Gasteiger partial charge in [0.2, 0.25) is 0 Å². The molecule has 0 bridgehead atoms. The van der Waals surface area contributed by atoms with Crippen LogP contribution < -0.4 is 10.8 Å². The van der Waals surface area contributed by atoms with Crippen molar-refractivity contribution in [2.45, 2.75) is 39.0 Å². The third-order valence-corrected chi connectivity index (χ3v) is 7.22. The second-order valence-electron chi connectivity index (χ2n) is 9.47. The fourth-order valence-corrected chi connectivity index (χ4v) is 5.38. The predicted molar refractivity (Wildman–Crippen MR) is 131 cm³/mol. The van der Waals surface area contributed by atoms with Crippen molar-refractivity contribution in [1.82, 2.24) is 14.8 Å². The maximum Gasteiger partial charge on any atom is 0.256 e. The highest BCUT2D eigenvalue weighted by molar-refractivity contribution is 6.43. The van der Waals surface area contributed by atoms with Crippen LogP contribution in [0.2, 0.25) is 0 Å². The minimum atomic E-state index is -0.368. The van der Waals surface area contributed by atoms with E-state index in [9.17, 15) is 14.0 Å². The molecule has 0 spiro atoms. The van der Waals surface area contributed by atoms with Crippen molar-refractivity contribution in [1.29, 1.82) is 0 Å². The molecule has 8 heteroatoms. The molecule has 1 aromatic carbocycles. The zero-order chi connectivity index (χ0) is 23.1. The number of amides is 2. The molecule has 0 radical (unpaired) electrons. The van der Waals surface area contributed by atoms with Crippen molar-refractivity contribution in [2.75, 3.05) is 38.0 Å². The van der Waals surface area contributed by atoms with E-state index < -0.39 is 0 Å². The molecule has 33 heavy (non-hydrogen) atoms. The molecule has 0 saturated carbocycles. The van der Waals surface area contributed by atoms with E-state index in [0.29, 0.717) is 22.3 Å². The smallest absolute Gasteiger partial charge is 0.256 e. The SMILES string of the molecule is Bc1cc(F)cc2c1NC(=O)/C2=C\c1[nH]c2c(c1C)C(=O)N(CCN1CCCCC1)CCC2. The summed E-state index contributed by atoms with van der Waals surface area (Å²) in [5, 5.41) is 2.85. The molecule has 0 unspecified atom stereocenters. The average molecular weight is 448 g/mol. The molecule has 6 nitrogen and oxygen atoms in total. The number of benzene rings is 1. The van der Waals surface area contributed by atoms with E-state index in [1.54, 1.807) is 13.9 Å². The number of carbonyl (C=O) groups excluding carboxylic acids is 2. The summed E-state index contributed by atoms with van der Waals surface area (Å²) in [6.07, 6.45) is 7.25. The first-order valence-electron chi connectivity index (χ1n) is 12.0. The molecule has 2 aromatic rings. The zero-order valence-electron chi connectivity index (χ0n) is 19.4. The van der Waals surface area contributed by atoms with Gasteiger partial charge in [-0.1, -0.05) is 11.9 Å². The maximum absolute atomic E-state index is 14.0. The number of aromatic amines is 1. The van der Waals surface area contributed by atoms with E-state index in [2.05, 4.69) is 15.2 Å². The lowest BCUT2D eigenvalue weighted by molar-refractivity contribution is -0.110. The Bertz CT molecular complexity index is 1150. The molecule has 5 rings (SSSR count). The number of aromatic nitrogens is 1. The summed E-state index contributed by atoms with van der Waals surface area (Å²) >= 11 is 0. The molecule has 1 saturated heterocycles. The van der Waals surface area contributed by atoms with Crippen LogP contribution in [0, 0.1) is 12.7 Å². The van der Waals surface area contributed by atoms with Gasteiger partial charge in [-0.05, 0) is 69.5 Å². The second-order valence-corrected chi connectivity index (χ2v) is 9.47. The summed E-state index contributed by atoms with van der Waals surface area (Å²) in [5.74, 6) is -0.555. The van der Waals surface area contributed by atoms with Crippen LogP contribution in [0.25, 0.3) is 11.6 Å². The number of hydrogen-bond donors (Lipinski definition) is 2. The Hall–Kier alpha value is -2.87. The van der Waals surface area contributed by atoms with E-state index in [4.69, 9.17) is 0 Å². The molecule has 1 fully saturated rings. The molecule has 2 amide bonds. The number of aryl methyl sites for hydroxylation is 1. The van der Waals surface area contributed by atoms with Crippen molar-refractivity contribution in [3.63, 3.8) is 0 Å². The summed E-state index contributed by atoms with van der Waals surface area (Å²) in [6, 6.07) is 2.81. The normalized spacial score (nSPS) is 20.1. The number of rotatable bonds is 4. The summed E-state index contributed by atoms with van der Waals surface area (Å²) in [4.78, 5) is 34.0. The van der Waals surface area contributed by atoms with Gasteiger partial charge in [0, 0.05) is 42.3 Å². The lowest BCUT2D eigenvalue weighted by atomic mass is 9.90. The molecule has 3 aliphatic rings. The first kappa shape index (κ1) is 22.0. The van der Waals surface area contributed by atoms with Crippen LogP contribution in [0.3, 0.4) is 0 Å². The monoisotopic (exact) mass is 448 g/mol. The van der Waals surface area contributed by atoms with Gasteiger partial charge < -0.3 is 20.1 Å². The minimum absolute atomic E-state index is 0.0658. The maximum atomic E-state index is 14.0. The molecule has 0 aliphatic carbocycles. The first-order chi connectivity index (χ1) is 15.9. The van der Waals surface area contributed by atoms with Gasteiger partial charge in [-0.3, -0.25) is 9.59 Å². The van der Waals surface area contributed by atoms with Crippen molar-refractivity contribution in [3.8, 4) is 0 Å². The Morgan fingerprint density at radius 2 is 1.88 bits per heavy atom. The van der Waals surface area contributed by atoms with Gasteiger partial charge in [-0.15, -0.1) is 0 Å². The van der Waals surface area contributed by atoms with E-state index in [-0.39, 0.29) is 17.6 Å². The zero-order valence-corrected chi connectivity index (χ0v) is 19.4. The fraction of sp³-hybridized carbons (Fsp3) is 0.440. The van der Waals surface area contributed by atoms with Crippen LogP contribution in [0.1, 0.15) is 58.6 Å². The number of nitrogens with zero attached hydrogens (tertiary/aromatic N) is 2. The number of hydrogen-bond acceptors (Lipinski definition) is 3. The molecule has 3 aliphatic heterocycles. The molecule has 172 valence electrons. The van der Waals surface area contributed by atoms with Crippen LogP contribution in [0.4, 0.5) is 10.1 Å². The van der Waals surface area contributed by atoms with Gasteiger partial charge in [0.25, 0.3) is 11.8 Å². The fourth-order valence-electron chi connectivity index (χ4n) is 5.38. The Balaban J connectivity index is 1.43. The molecule has 1 aromatic heterocycles. The Morgan fingerprint density at radius 1 is 1.09 bits per heavy atom. The predicted octanol–water partition coefficient (Wildman–Crippen LogP) is 2.09. The highest BCUT2D eigenvalue weighted by atomic mass is 19.1. The van der Waals surface area contributed by atoms with Crippen molar-refractivity contribution in [3.05, 3.63) is 46.0 Å². The Kier molecular flexibility index (Phi) is 5.87.